The summed E-state index contributed by atoms with van der Waals surface area (Å²) in [5.41, 5.74) is 2.30. The number of amides is 1. The molecule has 1 saturated heterocycles. The van der Waals surface area contributed by atoms with Crippen molar-refractivity contribution in [1.29, 1.82) is 0 Å². The van der Waals surface area contributed by atoms with Crippen molar-refractivity contribution >= 4 is 17.2 Å². The Balaban J connectivity index is 1.69. The number of halogens is 1. The zero-order chi connectivity index (χ0) is 15.7. The van der Waals surface area contributed by atoms with Gasteiger partial charge in [-0.1, -0.05) is 6.07 Å². The highest BCUT2D eigenvalue weighted by Crippen LogP contribution is 2.23. The molecule has 0 spiro atoms. The van der Waals surface area contributed by atoms with E-state index in [0.717, 1.165) is 0 Å². The van der Waals surface area contributed by atoms with Crippen LogP contribution in [0.3, 0.4) is 0 Å². The molecule has 0 radical (unpaired) electrons. The number of benzene rings is 1. The quantitative estimate of drug-likeness (QED) is 0.937. The van der Waals surface area contributed by atoms with E-state index in [1.165, 1.54) is 34.4 Å². The van der Waals surface area contributed by atoms with Crippen molar-refractivity contribution in [3.05, 3.63) is 46.2 Å². The van der Waals surface area contributed by atoms with Crippen LogP contribution < -0.4 is 4.74 Å². The molecule has 1 aromatic heterocycles. The van der Waals surface area contributed by atoms with E-state index in [9.17, 15) is 14.3 Å². The zero-order valence-corrected chi connectivity index (χ0v) is 12.7. The van der Waals surface area contributed by atoms with Crippen LogP contribution in [0.5, 0.6) is 5.75 Å². The number of thiazole rings is 1. The van der Waals surface area contributed by atoms with Gasteiger partial charge in [-0.25, -0.2) is 9.37 Å². The number of carbonyl (C=O) groups is 1. The second kappa shape index (κ2) is 6.02. The summed E-state index contributed by atoms with van der Waals surface area (Å²) in [6, 6.07) is 5.73. The fourth-order valence-corrected chi connectivity index (χ4v) is 3.17. The number of aliphatic hydroxyl groups is 1. The summed E-state index contributed by atoms with van der Waals surface area (Å²) >= 11 is 1.28. The Kier molecular flexibility index (Phi) is 4.08. The molecule has 22 heavy (non-hydrogen) atoms. The maximum atomic E-state index is 13.2. The molecule has 5 nitrogen and oxygen atoms in total. The normalized spacial score (nSPS) is 21.1. The minimum absolute atomic E-state index is 0.163. The first kappa shape index (κ1) is 14.9. The van der Waals surface area contributed by atoms with E-state index in [4.69, 9.17) is 4.74 Å². The predicted molar refractivity (Wildman–Crippen MR) is 79.6 cm³/mol. The number of hydrogen-bond acceptors (Lipinski definition) is 5. The molecule has 7 heteroatoms. The van der Waals surface area contributed by atoms with Crippen molar-refractivity contribution < 1.29 is 19.0 Å². The predicted octanol–water partition coefficient (Wildman–Crippen LogP) is 1.85. The number of aliphatic hydroxyl groups excluding tert-OH is 1. The van der Waals surface area contributed by atoms with Crippen LogP contribution >= 0.6 is 11.3 Å². The Morgan fingerprint density at radius 1 is 1.50 bits per heavy atom. The van der Waals surface area contributed by atoms with E-state index in [-0.39, 0.29) is 19.0 Å². The van der Waals surface area contributed by atoms with Gasteiger partial charge in [0, 0.05) is 6.07 Å². The van der Waals surface area contributed by atoms with Gasteiger partial charge < -0.3 is 14.7 Å². The summed E-state index contributed by atoms with van der Waals surface area (Å²) in [7, 11) is 0. The van der Waals surface area contributed by atoms with Crippen LogP contribution in [0.4, 0.5) is 4.39 Å². The van der Waals surface area contributed by atoms with E-state index in [1.807, 2.05) is 0 Å². The smallest absolute Gasteiger partial charge is 0.266 e. The van der Waals surface area contributed by atoms with Crippen LogP contribution in [0.15, 0.2) is 29.8 Å². The van der Waals surface area contributed by atoms with Crippen LogP contribution in [-0.2, 0) is 0 Å². The molecule has 1 aromatic carbocycles. The molecule has 2 heterocycles. The molecule has 1 N–H and O–H groups in total. The lowest BCUT2D eigenvalue weighted by atomic mass is 10.2. The number of aryl methyl sites for hydroxylation is 1. The van der Waals surface area contributed by atoms with Gasteiger partial charge in [0.25, 0.3) is 5.91 Å². The summed E-state index contributed by atoms with van der Waals surface area (Å²) in [5.74, 6) is -0.227. The molecule has 1 aliphatic heterocycles. The van der Waals surface area contributed by atoms with Crippen LogP contribution in [0, 0.1) is 12.7 Å². The van der Waals surface area contributed by atoms with Gasteiger partial charge in [-0.05, 0) is 19.1 Å². The summed E-state index contributed by atoms with van der Waals surface area (Å²) in [4.78, 5) is 18.6. The van der Waals surface area contributed by atoms with Crippen molar-refractivity contribution in [2.45, 2.75) is 19.1 Å². The number of likely N-dealkylation sites (tertiary alicyclic amines) is 1. The van der Waals surface area contributed by atoms with Crippen molar-refractivity contribution in [3.63, 3.8) is 0 Å². The summed E-state index contributed by atoms with van der Waals surface area (Å²) in [6.07, 6.45) is -1.38. The summed E-state index contributed by atoms with van der Waals surface area (Å²) < 4.78 is 18.8. The summed E-state index contributed by atoms with van der Waals surface area (Å²) in [6.45, 7) is 2.22. The van der Waals surface area contributed by atoms with Crippen molar-refractivity contribution in [3.8, 4) is 5.75 Å². The van der Waals surface area contributed by atoms with Crippen LogP contribution in [0.2, 0.25) is 0 Å². The number of rotatable bonds is 3. The highest BCUT2D eigenvalue weighted by Gasteiger charge is 2.36. The molecule has 116 valence electrons. The molecule has 3 rings (SSSR count). The molecule has 0 saturated carbocycles. The molecule has 2 aromatic rings. The molecule has 0 bridgehead atoms. The van der Waals surface area contributed by atoms with Crippen LogP contribution in [-0.4, -0.2) is 46.2 Å². The highest BCUT2D eigenvalue weighted by molar-refractivity contribution is 7.11. The molecule has 1 fully saturated rings. The first-order chi connectivity index (χ1) is 10.5. The third kappa shape index (κ3) is 2.95. The Bertz CT molecular complexity index is 691. The molecular formula is C15H15FN2O3S. The average molecular weight is 322 g/mol. The molecule has 0 aliphatic carbocycles. The monoisotopic (exact) mass is 322 g/mol. The number of ether oxygens (including phenoxy) is 1. The third-order valence-electron chi connectivity index (χ3n) is 3.55. The maximum absolute atomic E-state index is 13.2. The molecule has 1 amide bonds. The van der Waals surface area contributed by atoms with Gasteiger partial charge in [0.15, 0.2) is 0 Å². The standard InChI is InChI=1S/C15H15FN2O3S/c1-9-14(22-8-17-9)15(20)18-6-12(19)13(7-18)21-11-4-2-3-10(16)5-11/h2-5,8,12-13,19H,6-7H2,1H3/t12-,13-/m1/s1. The minimum atomic E-state index is -0.805. The largest absolute Gasteiger partial charge is 0.486 e. The topological polar surface area (TPSA) is 62.7 Å². The molecule has 2 atom stereocenters. The molecule has 1 aliphatic rings. The van der Waals surface area contributed by atoms with Crippen molar-refractivity contribution in [2.75, 3.05) is 13.1 Å². The van der Waals surface area contributed by atoms with E-state index in [2.05, 4.69) is 4.98 Å². The van der Waals surface area contributed by atoms with Crippen LogP contribution in [0.1, 0.15) is 15.4 Å². The lowest BCUT2D eigenvalue weighted by Gasteiger charge is -2.17. The van der Waals surface area contributed by atoms with Gasteiger partial charge in [-0.2, -0.15) is 0 Å². The SMILES string of the molecule is Cc1ncsc1C(=O)N1C[C@@H](O)[C@H](Oc2cccc(F)c2)C1. The Hall–Kier alpha value is -1.99. The van der Waals surface area contributed by atoms with E-state index in [1.54, 1.807) is 18.5 Å². The fraction of sp³-hybridized carbons (Fsp3) is 0.333. The number of hydrogen-bond donors (Lipinski definition) is 1. The highest BCUT2D eigenvalue weighted by atomic mass is 32.1. The first-order valence-electron chi connectivity index (χ1n) is 6.84. The first-order valence-corrected chi connectivity index (χ1v) is 7.72. The van der Waals surface area contributed by atoms with Gasteiger partial charge in [0.1, 0.15) is 28.7 Å². The Morgan fingerprint density at radius 3 is 3.00 bits per heavy atom. The lowest BCUT2D eigenvalue weighted by Crippen LogP contribution is -2.31. The van der Waals surface area contributed by atoms with E-state index >= 15 is 0 Å². The van der Waals surface area contributed by atoms with Gasteiger partial charge in [-0.3, -0.25) is 4.79 Å². The van der Waals surface area contributed by atoms with Gasteiger partial charge in [0.2, 0.25) is 0 Å². The van der Waals surface area contributed by atoms with Gasteiger partial charge >= 0.3 is 0 Å². The lowest BCUT2D eigenvalue weighted by molar-refractivity contribution is 0.0728. The summed E-state index contributed by atoms with van der Waals surface area (Å²) in [5, 5.41) is 10.1. The van der Waals surface area contributed by atoms with Gasteiger partial charge in [0.05, 0.1) is 24.3 Å². The van der Waals surface area contributed by atoms with Gasteiger partial charge in [-0.15, -0.1) is 11.3 Å². The number of carbonyl (C=O) groups excluding carboxylic acids is 1. The molecule has 0 unspecified atom stereocenters. The second-order valence-electron chi connectivity index (χ2n) is 5.16. The van der Waals surface area contributed by atoms with Crippen molar-refractivity contribution in [1.82, 2.24) is 9.88 Å². The average Bonchev–Trinajstić information content (AvgIpc) is 3.05. The van der Waals surface area contributed by atoms with E-state index in [0.29, 0.717) is 16.3 Å². The number of aromatic nitrogens is 1. The maximum Gasteiger partial charge on any atom is 0.266 e. The minimum Gasteiger partial charge on any atom is -0.486 e. The second-order valence-corrected chi connectivity index (χ2v) is 6.01. The Labute approximate surface area is 131 Å². The number of nitrogens with zero attached hydrogens (tertiary/aromatic N) is 2. The zero-order valence-electron chi connectivity index (χ0n) is 11.9. The molecular weight excluding hydrogens is 307 g/mol. The van der Waals surface area contributed by atoms with Crippen LogP contribution in [0.25, 0.3) is 0 Å². The third-order valence-corrected chi connectivity index (χ3v) is 4.46. The number of β-amino-alcohol motifs (C(OH)–C–C–N with tert-alkyl or cyclic N) is 1. The Morgan fingerprint density at radius 2 is 2.32 bits per heavy atom. The fourth-order valence-electron chi connectivity index (χ4n) is 2.40. The van der Waals surface area contributed by atoms with E-state index < -0.39 is 18.0 Å². The van der Waals surface area contributed by atoms with Crippen molar-refractivity contribution in [2.24, 2.45) is 0 Å².